The topological polar surface area (TPSA) is 51.1 Å². The number of carbonyl (C=O) groups excluding carboxylic acids is 1. The zero-order chi connectivity index (χ0) is 17.9. The minimum atomic E-state index is -0.766. The number of amides is 1. The summed E-state index contributed by atoms with van der Waals surface area (Å²) in [6, 6.07) is 1.87. The van der Waals surface area contributed by atoms with Gasteiger partial charge in [0.25, 0.3) is 0 Å². The Morgan fingerprint density at radius 1 is 1.46 bits per heavy atom. The van der Waals surface area contributed by atoms with Crippen molar-refractivity contribution in [2.75, 3.05) is 20.7 Å². The van der Waals surface area contributed by atoms with Crippen molar-refractivity contribution in [1.29, 1.82) is 0 Å². The van der Waals surface area contributed by atoms with Crippen LogP contribution in [0, 0.1) is 17.6 Å². The third-order valence-electron chi connectivity index (χ3n) is 3.73. The van der Waals surface area contributed by atoms with Crippen molar-refractivity contribution in [3.05, 3.63) is 29.3 Å². The maximum atomic E-state index is 14.1. The molecule has 1 heterocycles. The molecule has 1 atom stereocenters. The van der Waals surface area contributed by atoms with Crippen LogP contribution in [0.4, 0.5) is 8.78 Å². The normalized spacial score (nSPS) is 16.8. The lowest BCUT2D eigenvalue weighted by Crippen LogP contribution is -2.32. The summed E-state index contributed by atoms with van der Waals surface area (Å²) in [6.07, 6.45) is -0.0436. The molecular weight excluding hydrogens is 318 g/mol. The Bertz CT molecular complexity index is 647. The van der Waals surface area contributed by atoms with Gasteiger partial charge < -0.3 is 14.5 Å². The lowest BCUT2D eigenvalue weighted by Gasteiger charge is -2.20. The second kappa shape index (κ2) is 7.59. The van der Waals surface area contributed by atoms with E-state index in [2.05, 4.69) is 5.16 Å². The van der Waals surface area contributed by atoms with Crippen LogP contribution in [0.2, 0.25) is 0 Å². The highest BCUT2D eigenvalue weighted by atomic mass is 19.1. The van der Waals surface area contributed by atoms with Gasteiger partial charge in [-0.3, -0.25) is 4.79 Å². The van der Waals surface area contributed by atoms with Gasteiger partial charge in [0, 0.05) is 32.1 Å². The van der Waals surface area contributed by atoms with E-state index in [4.69, 9.17) is 9.57 Å². The largest absolute Gasteiger partial charge is 0.496 e. The number of rotatable bonds is 6. The first-order valence-corrected chi connectivity index (χ1v) is 7.81. The van der Waals surface area contributed by atoms with E-state index in [0.717, 1.165) is 12.1 Å². The number of carbonyl (C=O) groups is 1. The molecule has 0 aliphatic carbocycles. The number of benzene rings is 1. The van der Waals surface area contributed by atoms with Gasteiger partial charge >= 0.3 is 0 Å². The Balaban J connectivity index is 2.04. The van der Waals surface area contributed by atoms with Crippen molar-refractivity contribution in [1.82, 2.24) is 4.90 Å². The van der Waals surface area contributed by atoms with Gasteiger partial charge in [-0.2, -0.15) is 0 Å². The molecule has 1 aromatic carbocycles. The molecule has 1 amide bonds. The predicted octanol–water partition coefficient (Wildman–Crippen LogP) is 2.97. The summed E-state index contributed by atoms with van der Waals surface area (Å²) < 4.78 is 32.4. The lowest BCUT2D eigenvalue weighted by atomic mass is 10.0. The Morgan fingerprint density at radius 2 is 2.17 bits per heavy atom. The first-order chi connectivity index (χ1) is 11.3. The second-order valence-electron chi connectivity index (χ2n) is 6.31. The number of ether oxygens (including phenoxy) is 1. The summed E-state index contributed by atoms with van der Waals surface area (Å²) in [5, 5.41) is 3.86. The SMILES string of the molecule is COc1cc(F)cc(F)c1C1=NOC(CC(=O)N(C)CC(C)C)C1. The van der Waals surface area contributed by atoms with Crippen LogP contribution in [0.25, 0.3) is 0 Å². The lowest BCUT2D eigenvalue weighted by molar-refractivity contribution is -0.132. The summed E-state index contributed by atoms with van der Waals surface area (Å²) in [6.45, 7) is 4.71. The molecule has 1 aliphatic rings. The Morgan fingerprint density at radius 3 is 2.79 bits per heavy atom. The van der Waals surface area contributed by atoms with Crippen molar-refractivity contribution >= 4 is 11.6 Å². The van der Waals surface area contributed by atoms with Crippen LogP contribution >= 0.6 is 0 Å². The van der Waals surface area contributed by atoms with Gasteiger partial charge in [0.2, 0.25) is 5.91 Å². The Labute approximate surface area is 140 Å². The number of oxime groups is 1. The Hall–Kier alpha value is -2.18. The third kappa shape index (κ3) is 4.21. The van der Waals surface area contributed by atoms with Crippen molar-refractivity contribution in [2.45, 2.75) is 32.8 Å². The maximum Gasteiger partial charge on any atom is 0.226 e. The standard InChI is InChI=1S/C17H22F2N2O3/c1-10(2)9-21(3)16(22)8-12-7-14(20-24-12)17-13(19)5-11(18)6-15(17)23-4/h5-6,10,12H,7-9H2,1-4H3. The zero-order valence-corrected chi connectivity index (χ0v) is 14.3. The van der Waals surface area contributed by atoms with Crippen molar-refractivity contribution in [3.8, 4) is 5.75 Å². The summed E-state index contributed by atoms with van der Waals surface area (Å²) in [5.41, 5.74) is 0.387. The molecule has 7 heteroatoms. The van der Waals surface area contributed by atoms with Gasteiger partial charge in [-0.05, 0) is 5.92 Å². The molecule has 1 aliphatic heterocycles. The quantitative estimate of drug-likeness (QED) is 0.800. The van der Waals surface area contributed by atoms with E-state index in [0.29, 0.717) is 18.2 Å². The summed E-state index contributed by atoms with van der Waals surface area (Å²) in [7, 11) is 3.07. The maximum absolute atomic E-state index is 14.1. The first-order valence-electron chi connectivity index (χ1n) is 7.81. The first kappa shape index (κ1) is 18.2. The van der Waals surface area contributed by atoms with Crippen molar-refractivity contribution in [2.24, 2.45) is 11.1 Å². The van der Waals surface area contributed by atoms with Crippen LogP contribution in [0.15, 0.2) is 17.3 Å². The fraction of sp³-hybridized carbons (Fsp3) is 0.529. The van der Waals surface area contributed by atoms with Gasteiger partial charge in [-0.15, -0.1) is 0 Å². The molecule has 24 heavy (non-hydrogen) atoms. The Kier molecular flexibility index (Phi) is 5.75. The fourth-order valence-electron chi connectivity index (χ4n) is 2.68. The van der Waals surface area contributed by atoms with Gasteiger partial charge in [0.15, 0.2) is 0 Å². The predicted molar refractivity (Wildman–Crippen MR) is 86.0 cm³/mol. The summed E-state index contributed by atoms with van der Waals surface area (Å²) >= 11 is 0. The molecular formula is C17H22F2N2O3. The molecule has 0 saturated carbocycles. The fourth-order valence-corrected chi connectivity index (χ4v) is 2.68. The number of hydrogen-bond donors (Lipinski definition) is 0. The van der Waals surface area contributed by atoms with E-state index in [1.165, 1.54) is 7.11 Å². The minimum absolute atomic E-state index is 0.0544. The number of halogens is 2. The van der Waals surface area contributed by atoms with E-state index in [9.17, 15) is 13.6 Å². The number of nitrogens with zero attached hydrogens (tertiary/aromatic N) is 2. The number of hydrogen-bond acceptors (Lipinski definition) is 4. The summed E-state index contributed by atoms with van der Waals surface area (Å²) in [4.78, 5) is 19.1. The smallest absolute Gasteiger partial charge is 0.226 e. The molecule has 0 radical (unpaired) electrons. The zero-order valence-electron chi connectivity index (χ0n) is 14.3. The van der Waals surface area contributed by atoms with E-state index >= 15 is 0 Å². The highest BCUT2D eigenvalue weighted by molar-refractivity contribution is 6.04. The van der Waals surface area contributed by atoms with Crippen LogP contribution < -0.4 is 4.74 Å². The van der Waals surface area contributed by atoms with E-state index in [1.54, 1.807) is 11.9 Å². The van der Waals surface area contributed by atoms with Crippen LogP contribution in [0.5, 0.6) is 5.75 Å². The van der Waals surface area contributed by atoms with Crippen LogP contribution in [-0.4, -0.2) is 43.3 Å². The average molecular weight is 340 g/mol. The average Bonchev–Trinajstić information content (AvgIpc) is 2.93. The highest BCUT2D eigenvalue weighted by Gasteiger charge is 2.29. The molecule has 0 fully saturated rings. The molecule has 132 valence electrons. The molecule has 2 rings (SSSR count). The number of methoxy groups -OCH3 is 1. The third-order valence-corrected chi connectivity index (χ3v) is 3.73. The molecule has 1 aromatic rings. The van der Waals surface area contributed by atoms with Crippen LogP contribution in [-0.2, 0) is 9.63 Å². The second-order valence-corrected chi connectivity index (χ2v) is 6.31. The molecule has 5 nitrogen and oxygen atoms in total. The molecule has 1 unspecified atom stereocenters. The van der Waals surface area contributed by atoms with Gasteiger partial charge in [0.05, 0.1) is 24.8 Å². The molecule has 0 spiro atoms. The van der Waals surface area contributed by atoms with E-state index in [1.807, 2.05) is 13.8 Å². The highest BCUT2D eigenvalue weighted by Crippen LogP contribution is 2.29. The van der Waals surface area contributed by atoms with Crippen LogP contribution in [0.3, 0.4) is 0 Å². The van der Waals surface area contributed by atoms with Gasteiger partial charge in [0.1, 0.15) is 23.5 Å². The molecule has 0 bridgehead atoms. The molecule has 0 N–H and O–H groups in total. The van der Waals surface area contributed by atoms with E-state index in [-0.39, 0.29) is 30.1 Å². The molecule has 0 saturated heterocycles. The minimum Gasteiger partial charge on any atom is -0.496 e. The van der Waals surface area contributed by atoms with Crippen LogP contribution in [0.1, 0.15) is 32.3 Å². The van der Waals surface area contributed by atoms with Gasteiger partial charge in [-0.1, -0.05) is 19.0 Å². The summed E-state index contributed by atoms with van der Waals surface area (Å²) in [5.74, 6) is -1.13. The van der Waals surface area contributed by atoms with Crippen molar-refractivity contribution in [3.63, 3.8) is 0 Å². The monoisotopic (exact) mass is 340 g/mol. The molecule has 0 aromatic heterocycles. The van der Waals surface area contributed by atoms with Gasteiger partial charge in [-0.25, -0.2) is 8.78 Å². The van der Waals surface area contributed by atoms with E-state index < -0.39 is 17.7 Å². The van der Waals surface area contributed by atoms with Crippen molar-refractivity contribution < 1.29 is 23.1 Å².